The van der Waals surface area contributed by atoms with Crippen molar-refractivity contribution in [1.82, 2.24) is 14.7 Å². The van der Waals surface area contributed by atoms with Crippen LogP contribution in [0.4, 0.5) is 5.82 Å². The summed E-state index contributed by atoms with van der Waals surface area (Å²) in [5.74, 6) is 0.570. The van der Waals surface area contributed by atoms with Gasteiger partial charge in [0.1, 0.15) is 5.82 Å². The van der Waals surface area contributed by atoms with Crippen LogP contribution in [0, 0.1) is 5.92 Å². The van der Waals surface area contributed by atoms with E-state index in [1.165, 1.54) is 0 Å². The number of likely N-dealkylation sites (tertiary alicyclic amines) is 1. The van der Waals surface area contributed by atoms with E-state index in [9.17, 15) is 4.79 Å². The summed E-state index contributed by atoms with van der Waals surface area (Å²) in [5.41, 5.74) is 7.55. The quantitative estimate of drug-likeness (QED) is 0.875. The number of carbonyl (C=O) groups excluding carboxylic acids is 1. The summed E-state index contributed by atoms with van der Waals surface area (Å²) in [6.07, 6.45) is 3.58. The summed E-state index contributed by atoms with van der Waals surface area (Å²) >= 11 is 0. The van der Waals surface area contributed by atoms with Crippen LogP contribution in [0.25, 0.3) is 5.69 Å². The van der Waals surface area contributed by atoms with Gasteiger partial charge in [-0.3, -0.25) is 4.79 Å². The van der Waals surface area contributed by atoms with Crippen molar-refractivity contribution in [3.63, 3.8) is 0 Å². The number of nitrogens with zero attached hydrogens (tertiary/aromatic N) is 3. The van der Waals surface area contributed by atoms with E-state index in [1.54, 1.807) is 10.9 Å². The van der Waals surface area contributed by atoms with E-state index in [0.29, 0.717) is 11.4 Å². The zero-order chi connectivity index (χ0) is 14.8. The topological polar surface area (TPSA) is 64.2 Å². The number of hydrogen-bond donors (Lipinski definition) is 1. The Morgan fingerprint density at radius 3 is 2.81 bits per heavy atom. The lowest BCUT2D eigenvalue weighted by atomic mass is 9.91. The normalized spacial score (nSPS) is 19.6. The first-order chi connectivity index (χ1) is 10.2. The summed E-state index contributed by atoms with van der Waals surface area (Å²) in [6, 6.07) is 9.63. The summed E-state index contributed by atoms with van der Waals surface area (Å²) in [4.78, 5) is 14.8. The molecular weight excluding hydrogens is 264 g/mol. The average Bonchev–Trinajstić information content (AvgIpc) is 2.89. The lowest BCUT2D eigenvalue weighted by molar-refractivity contribution is 0.0844. The van der Waals surface area contributed by atoms with E-state index in [4.69, 9.17) is 5.73 Å². The van der Waals surface area contributed by atoms with E-state index < -0.39 is 0 Å². The molecule has 2 N–H and O–H groups in total. The van der Waals surface area contributed by atoms with Crippen molar-refractivity contribution < 1.29 is 4.79 Å². The molecule has 5 nitrogen and oxygen atoms in total. The molecule has 1 saturated heterocycles. The second-order valence-electron chi connectivity index (χ2n) is 5.66. The lowest BCUT2D eigenvalue weighted by Crippen LogP contribution is -2.36. The zero-order valence-corrected chi connectivity index (χ0v) is 12.2. The van der Waals surface area contributed by atoms with Crippen LogP contribution >= 0.6 is 0 Å². The van der Waals surface area contributed by atoms with Gasteiger partial charge in [-0.15, -0.1) is 0 Å². The third-order valence-corrected chi connectivity index (χ3v) is 4.07. The van der Waals surface area contributed by atoms with Crippen LogP contribution in [0.15, 0.2) is 36.5 Å². The van der Waals surface area contributed by atoms with Crippen molar-refractivity contribution in [2.75, 3.05) is 25.9 Å². The Kier molecular flexibility index (Phi) is 3.75. The highest BCUT2D eigenvalue weighted by atomic mass is 16.1. The number of nitrogens with two attached hydrogens (primary N) is 1. The first-order valence-corrected chi connectivity index (χ1v) is 7.28. The van der Waals surface area contributed by atoms with Crippen molar-refractivity contribution in [2.45, 2.75) is 12.8 Å². The molecule has 1 aliphatic heterocycles. The molecule has 0 spiro atoms. The fourth-order valence-electron chi connectivity index (χ4n) is 2.92. The van der Waals surface area contributed by atoms with Gasteiger partial charge in [0.15, 0.2) is 5.78 Å². The molecule has 0 amide bonds. The van der Waals surface area contributed by atoms with E-state index in [2.05, 4.69) is 17.0 Å². The number of anilines is 1. The van der Waals surface area contributed by atoms with Crippen LogP contribution in [-0.4, -0.2) is 40.6 Å². The number of piperidine rings is 1. The Morgan fingerprint density at radius 1 is 1.33 bits per heavy atom. The molecule has 1 atom stereocenters. The van der Waals surface area contributed by atoms with Crippen LogP contribution in [0.1, 0.15) is 23.2 Å². The highest BCUT2D eigenvalue weighted by Crippen LogP contribution is 2.24. The van der Waals surface area contributed by atoms with Gasteiger partial charge < -0.3 is 10.6 Å². The molecule has 1 aliphatic rings. The standard InChI is InChI=1S/C16H20N4O/c1-19-9-5-6-12(11-19)15(21)14-10-18-20(16(14)17)13-7-3-2-4-8-13/h2-4,7-8,10,12H,5-6,9,11,17H2,1H3/t12-/m0/s1. The average molecular weight is 284 g/mol. The van der Waals surface area contributed by atoms with Gasteiger partial charge in [-0.25, -0.2) is 4.68 Å². The highest BCUT2D eigenvalue weighted by Gasteiger charge is 2.27. The lowest BCUT2D eigenvalue weighted by Gasteiger charge is -2.28. The molecule has 1 fully saturated rings. The maximum Gasteiger partial charge on any atom is 0.172 e. The number of hydrogen-bond acceptors (Lipinski definition) is 4. The van der Waals surface area contributed by atoms with Crippen LogP contribution in [0.2, 0.25) is 0 Å². The zero-order valence-electron chi connectivity index (χ0n) is 12.2. The van der Waals surface area contributed by atoms with Crippen molar-refractivity contribution in [3.8, 4) is 5.69 Å². The minimum absolute atomic E-state index is 0.0273. The predicted molar refractivity (Wildman–Crippen MR) is 82.5 cm³/mol. The molecule has 2 aromatic rings. The largest absolute Gasteiger partial charge is 0.383 e. The number of aromatic nitrogens is 2. The van der Waals surface area contributed by atoms with Gasteiger partial charge in [-0.2, -0.15) is 5.10 Å². The minimum atomic E-state index is 0.0273. The first kappa shape index (κ1) is 13.8. The molecule has 21 heavy (non-hydrogen) atoms. The van der Waals surface area contributed by atoms with Crippen LogP contribution in [0.3, 0.4) is 0 Å². The van der Waals surface area contributed by atoms with E-state index in [1.807, 2.05) is 30.3 Å². The number of ketones is 1. The molecule has 0 aliphatic carbocycles. The van der Waals surface area contributed by atoms with Gasteiger partial charge in [-0.1, -0.05) is 18.2 Å². The Hall–Kier alpha value is -2.14. The molecule has 5 heteroatoms. The Labute approximate surface area is 124 Å². The SMILES string of the molecule is CN1CCC[C@H](C(=O)c2cnn(-c3ccccc3)c2N)C1. The van der Waals surface area contributed by atoms with E-state index >= 15 is 0 Å². The molecule has 3 rings (SSSR count). The van der Waals surface area contributed by atoms with Gasteiger partial charge in [0.05, 0.1) is 17.4 Å². The number of Topliss-reactive ketones (excluding diaryl/α,β-unsaturated/α-hetero) is 1. The Balaban J connectivity index is 1.87. The molecule has 1 aromatic carbocycles. The fraction of sp³-hybridized carbons (Fsp3) is 0.375. The van der Waals surface area contributed by atoms with Crippen LogP contribution < -0.4 is 5.73 Å². The van der Waals surface area contributed by atoms with Crippen molar-refractivity contribution in [3.05, 3.63) is 42.1 Å². The van der Waals surface area contributed by atoms with Crippen molar-refractivity contribution in [1.29, 1.82) is 0 Å². The molecule has 1 aromatic heterocycles. The first-order valence-electron chi connectivity index (χ1n) is 7.28. The van der Waals surface area contributed by atoms with E-state index in [0.717, 1.165) is 31.6 Å². The molecule has 110 valence electrons. The monoisotopic (exact) mass is 284 g/mol. The third kappa shape index (κ3) is 2.69. The van der Waals surface area contributed by atoms with Gasteiger partial charge >= 0.3 is 0 Å². The minimum Gasteiger partial charge on any atom is -0.383 e. The third-order valence-electron chi connectivity index (χ3n) is 4.07. The van der Waals surface area contributed by atoms with Crippen molar-refractivity contribution >= 4 is 11.6 Å². The van der Waals surface area contributed by atoms with E-state index in [-0.39, 0.29) is 11.7 Å². The smallest absolute Gasteiger partial charge is 0.172 e. The number of para-hydroxylation sites is 1. The number of benzene rings is 1. The molecular formula is C16H20N4O. The predicted octanol–water partition coefficient (Wildman–Crippen LogP) is 1.98. The molecule has 0 bridgehead atoms. The van der Waals surface area contributed by atoms with Crippen LogP contribution in [-0.2, 0) is 0 Å². The second-order valence-corrected chi connectivity index (χ2v) is 5.66. The Bertz CT molecular complexity index is 635. The van der Waals surface area contributed by atoms with Gasteiger partial charge in [0.2, 0.25) is 0 Å². The second kappa shape index (κ2) is 5.69. The number of nitrogen functional groups attached to an aromatic ring is 1. The summed E-state index contributed by atoms with van der Waals surface area (Å²) in [7, 11) is 2.05. The molecule has 2 heterocycles. The fourth-order valence-corrected chi connectivity index (χ4v) is 2.92. The maximum atomic E-state index is 12.7. The number of carbonyl (C=O) groups is 1. The Morgan fingerprint density at radius 2 is 2.10 bits per heavy atom. The number of rotatable bonds is 3. The molecule has 0 saturated carbocycles. The maximum absolute atomic E-state index is 12.7. The molecule has 0 radical (unpaired) electrons. The molecule has 0 unspecified atom stereocenters. The van der Waals surface area contributed by atoms with Gasteiger partial charge in [0, 0.05) is 12.5 Å². The summed E-state index contributed by atoms with van der Waals surface area (Å²) in [6.45, 7) is 1.86. The van der Waals surface area contributed by atoms with Gasteiger partial charge in [-0.05, 0) is 38.6 Å². The van der Waals surface area contributed by atoms with Gasteiger partial charge in [0.25, 0.3) is 0 Å². The highest BCUT2D eigenvalue weighted by molar-refractivity contribution is 6.01. The summed E-state index contributed by atoms with van der Waals surface area (Å²) in [5, 5.41) is 4.28. The van der Waals surface area contributed by atoms with Crippen molar-refractivity contribution in [2.24, 2.45) is 5.92 Å². The summed E-state index contributed by atoms with van der Waals surface area (Å²) < 4.78 is 1.62. The van der Waals surface area contributed by atoms with Crippen LogP contribution in [0.5, 0.6) is 0 Å².